The predicted molar refractivity (Wildman–Crippen MR) is 54.9 cm³/mol. The summed E-state index contributed by atoms with van der Waals surface area (Å²) in [4.78, 5) is 10.7. The second-order valence-corrected chi connectivity index (χ2v) is 3.20. The Bertz CT molecular complexity index is 350. The number of hydrogen-bond donors (Lipinski definition) is 2. The fourth-order valence-electron chi connectivity index (χ4n) is 1.02. The molecule has 0 bridgehead atoms. The minimum absolute atomic E-state index is 0.488. The van der Waals surface area contributed by atoms with Gasteiger partial charge in [0.2, 0.25) is 0 Å². The van der Waals surface area contributed by atoms with Gasteiger partial charge in [-0.3, -0.25) is 4.79 Å². The summed E-state index contributed by atoms with van der Waals surface area (Å²) in [7, 11) is 0. The van der Waals surface area contributed by atoms with E-state index in [1.54, 1.807) is 19.1 Å². The summed E-state index contributed by atoms with van der Waals surface area (Å²) in [6, 6.07) is 5.37. The van der Waals surface area contributed by atoms with E-state index in [-0.39, 0.29) is 0 Å². The van der Waals surface area contributed by atoms with Crippen LogP contribution in [0.5, 0.6) is 5.75 Å². The maximum absolute atomic E-state index is 10.7. The van der Waals surface area contributed by atoms with Gasteiger partial charge in [-0.15, -0.1) is 0 Å². The number of primary amides is 1. The molecule has 0 saturated carbocycles. The van der Waals surface area contributed by atoms with Gasteiger partial charge in [0.15, 0.2) is 6.10 Å². The first-order valence-electron chi connectivity index (χ1n) is 4.33. The van der Waals surface area contributed by atoms with Crippen molar-refractivity contribution < 1.29 is 9.53 Å². The van der Waals surface area contributed by atoms with Gasteiger partial charge in [-0.05, 0) is 31.5 Å². The van der Waals surface area contributed by atoms with Crippen molar-refractivity contribution in [2.45, 2.75) is 20.0 Å². The smallest absolute Gasteiger partial charge is 0.258 e. The summed E-state index contributed by atoms with van der Waals surface area (Å²) in [6.45, 7) is 3.51. The molecular formula is C10H14N2O2. The standard InChI is InChI=1S/C10H14N2O2/c1-6-3-4-9(8(11)5-6)14-7(2)10(12)13/h3-5,7H,11H2,1-2H3,(H2,12,13). The Morgan fingerprint density at radius 3 is 2.64 bits per heavy atom. The maximum Gasteiger partial charge on any atom is 0.258 e. The molecule has 4 nitrogen and oxygen atoms in total. The highest BCUT2D eigenvalue weighted by molar-refractivity contribution is 5.79. The van der Waals surface area contributed by atoms with Crippen molar-refractivity contribution in [3.05, 3.63) is 23.8 Å². The Labute approximate surface area is 82.8 Å². The number of carbonyl (C=O) groups is 1. The van der Waals surface area contributed by atoms with Crippen LogP contribution in [-0.4, -0.2) is 12.0 Å². The topological polar surface area (TPSA) is 78.3 Å². The number of nitrogen functional groups attached to an aromatic ring is 1. The first-order valence-corrected chi connectivity index (χ1v) is 4.33. The van der Waals surface area contributed by atoms with Crippen LogP contribution >= 0.6 is 0 Å². The first kappa shape index (κ1) is 10.4. The van der Waals surface area contributed by atoms with E-state index in [9.17, 15) is 4.79 Å². The molecule has 0 saturated heterocycles. The number of nitrogens with two attached hydrogens (primary N) is 2. The maximum atomic E-state index is 10.7. The molecular weight excluding hydrogens is 180 g/mol. The SMILES string of the molecule is Cc1ccc(OC(C)C(N)=O)c(N)c1. The third kappa shape index (κ3) is 2.39. The Morgan fingerprint density at radius 1 is 1.50 bits per heavy atom. The summed E-state index contributed by atoms with van der Waals surface area (Å²) < 4.78 is 5.26. The zero-order valence-corrected chi connectivity index (χ0v) is 8.28. The minimum atomic E-state index is -0.667. The van der Waals surface area contributed by atoms with Crippen LogP contribution in [-0.2, 0) is 4.79 Å². The van der Waals surface area contributed by atoms with Gasteiger partial charge >= 0.3 is 0 Å². The lowest BCUT2D eigenvalue weighted by atomic mass is 10.2. The van der Waals surface area contributed by atoms with Crippen LogP contribution in [0.25, 0.3) is 0 Å². The van der Waals surface area contributed by atoms with Crippen LogP contribution in [0.3, 0.4) is 0 Å². The first-order chi connectivity index (χ1) is 6.50. The average molecular weight is 194 g/mol. The van der Waals surface area contributed by atoms with Crippen LogP contribution in [0, 0.1) is 6.92 Å². The van der Waals surface area contributed by atoms with Crippen LogP contribution < -0.4 is 16.2 Å². The van der Waals surface area contributed by atoms with E-state index in [0.717, 1.165) is 5.56 Å². The number of rotatable bonds is 3. The molecule has 0 aliphatic heterocycles. The number of hydrogen-bond acceptors (Lipinski definition) is 3. The summed E-state index contributed by atoms with van der Waals surface area (Å²) >= 11 is 0. The van der Waals surface area contributed by atoms with E-state index in [1.807, 2.05) is 13.0 Å². The summed E-state index contributed by atoms with van der Waals surface area (Å²) in [5, 5.41) is 0. The van der Waals surface area contributed by atoms with E-state index in [0.29, 0.717) is 11.4 Å². The van der Waals surface area contributed by atoms with Crippen molar-refractivity contribution in [1.29, 1.82) is 0 Å². The zero-order valence-electron chi connectivity index (χ0n) is 8.28. The summed E-state index contributed by atoms with van der Waals surface area (Å²) in [5.41, 5.74) is 12.3. The normalized spacial score (nSPS) is 12.1. The lowest BCUT2D eigenvalue weighted by molar-refractivity contribution is -0.123. The van der Waals surface area contributed by atoms with Gasteiger partial charge in [-0.1, -0.05) is 6.07 Å². The van der Waals surface area contributed by atoms with Crippen LogP contribution in [0.1, 0.15) is 12.5 Å². The molecule has 0 aromatic heterocycles. The quantitative estimate of drug-likeness (QED) is 0.699. The van der Waals surface area contributed by atoms with Gasteiger partial charge in [0.25, 0.3) is 5.91 Å². The number of benzene rings is 1. The number of aryl methyl sites for hydroxylation is 1. The fourth-order valence-corrected chi connectivity index (χ4v) is 1.02. The second kappa shape index (κ2) is 4.00. The van der Waals surface area contributed by atoms with Crippen molar-refractivity contribution in [2.75, 3.05) is 5.73 Å². The number of anilines is 1. The van der Waals surface area contributed by atoms with Gasteiger partial charge in [-0.25, -0.2) is 0 Å². The predicted octanol–water partition coefficient (Wildman–Crippen LogP) is 0.830. The van der Waals surface area contributed by atoms with Crippen LogP contribution in [0.2, 0.25) is 0 Å². The van der Waals surface area contributed by atoms with E-state index in [2.05, 4.69) is 0 Å². The van der Waals surface area contributed by atoms with E-state index in [1.165, 1.54) is 0 Å². The molecule has 1 atom stereocenters. The van der Waals surface area contributed by atoms with E-state index >= 15 is 0 Å². The molecule has 0 aliphatic rings. The van der Waals surface area contributed by atoms with E-state index in [4.69, 9.17) is 16.2 Å². The van der Waals surface area contributed by atoms with Gasteiger partial charge < -0.3 is 16.2 Å². The van der Waals surface area contributed by atoms with E-state index < -0.39 is 12.0 Å². The third-order valence-corrected chi connectivity index (χ3v) is 1.87. The number of ether oxygens (including phenoxy) is 1. The molecule has 4 heteroatoms. The van der Waals surface area contributed by atoms with Crippen molar-refractivity contribution in [1.82, 2.24) is 0 Å². The fraction of sp³-hybridized carbons (Fsp3) is 0.300. The Hall–Kier alpha value is -1.71. The molecule has 1 aromatic carbocycles. The average Bonchev–Trinajstić information content (AvgIpc) is 2.09. The lowest BCUT2D eigenvalue weighted by Crippen LogP contribution is -2.30. The molecule has 0 spiro atoms. The Morgan fingerprint density at radius 2 is 2.14 bits per heavy atom. The second-order valence-electron chi connectivity index (χ2n) is 3.20. The lowest BCUT2D eigenvalue weighted by Gasteiger charge is -2.13. The largest absolute Gasteiger partial charge is 0.479 e. The minimum Gasteiger partial charge on any atom is -0.479 e. The molecule has 0 fully saturated rings. The molecule has 0 radical (unpaired) electrons. The molecule has 1 aromatic rings. The molecule has 0 aliphatic carbocycles. The molecule has 0 heterocycles. The van der Waals surface area contributed by atoms with Gasteiger partial charge in [0, 0.05) is 0 Å². The van der Waals surface area contributed by atoms with Crippen molar-refractivity contribution in [3.63, 3.8) is 0 Å². The highest BCUT2D eigenvalue weighted by Crippen LogP contribution is 2.23. The Kier molecular flexibility index (Phi) is 2.96. The van der Waals surface area contributed by atoms with Gasteiger partial charge in [0.05, 0.1) is 5.69 Å². The number of carbonyl (C=O) groups excluding carboxylic acids is 1. The molecule has 76 valence electrons. The molecule has 1 amide bonds. The number of amides is 1. The molecule has 4 N–H and O–H groups in total. The van der Waals surface area contributed by atoms with Crippen molar-refractivity contribution in [2.24, 2.45) is 5.73 Å². The van der Waals surface area contributed by atoms with Crippen LogP contribution in [0.4, 0.5) is 5.69 Å². The summed E-state index contributed by atoms with van der Waals surface area (Å²) in [5.74, 6) is -0.0214. The molecule has 1 unspecified atom stereocenters. The van der Waals surface area contributed by atoms with Gasteiger partial charge in [-0.2, -0.15) is 0 Å². The van der Waals surface area contributed by atoms with Crippen LogP contribution in [0.15, 0.2) is 18.2 Å². The monoisotopic (exact) mass is 194 g/mol. The van der Waals surface area contributed by atoms with Gasteiger partial charge in [0.1, 0.15) is 5.75 Å². The Balaban J connectivity index is 2.82. The highest BCUT2D eigenvalue weighted by Gasteiger charge is 2.11. The third-order valence-electron chi connectivity index (χ3n) is 1.87. The zero-order chi connectivity index (χ0) is 10.7. The highest BCUT2D eigenvalue weighted by atomic mass is 16.5. The molecule has 1 rings (SSSR count). The van der Waals surface area contributed by atoms with Crippen molar-refractivity contribution >= 4 is 11.6 Å². The van der Waals surface area contributed by atoms with Crippen molar-refractivity contribution in [3.8, 4) is 5.75 Å². The molecule has 14 heavy (non-hydrogen) atoms. The summed E-state index contributed by atoms with van der Waals surface area (Å²) in [6.07, 6.45) is -0.667.